The van der Waals surface area contributed by atoms with Crippen molar-refractivity contribution in [3.8, 4) is 0 Å². The van der Waals surface area contributed by atoms with Crippen LogP contribution in [0.5, 0.6) is 0 Å². The maximum atomic E-state index is 11.2. The van der Waals surface area contributed by atoms with Gasteiger partial charge in [-0.25, -0.2) is 0 Å². The second-order valence-corrected chi connectivity index (χ2v) is 5.54. The average Bonchev–Trinajstić information content (AvgIpc) is 2.56. The number of hydrogen-bond donors (Lipinski definition) is 3. The summed E-state index contributed by atoms with van der Waals surface area (Å²) >= 11 is 0. The van der Waals surface area contributed by atoms with E-state index in [0.29, 0.717) is 13.1 Å². The Bertz CT molecular complexity index is 617. The van der Waals surface area contributed by atoms with Gasteiger partial charge in [0.05, 0.1) is 0 Å². The molecule has 1 amide bonds. The molecule has 2 aromatic rings. The van der Waals surface area contributed by atoms with Crippen LogP contribution in [0.3, 0.4) is 0 Å². The van der Waals surface area contributed by atoms with Gasteiger partial charge in [-0.1, -0.05) is 24.3 Å². The fourth-order valence-electron chi connectivity index (χ4n) is 2.41. The normalized spacial score (nSPS) is 11.9. The van der Waals surface area contributed by atoms with Gasteiger partial charge in [0.25, 0.3) is 0 Å². The van der Waals surface area contributed by atoms with Crippen LogP contribution in [-0.2, 0) is 17.8 Å². The third-order valence-electron chi connectivity index (χ3n) is 3.56. The van der Waals surface area contributed by atoms with Crippen LogP contribution in [-0.4, -0.2) is 29.1 Å². The molecule has 1 aromatic carbocycles. The van der Waals surface area contributed by atoms with E-state index >= 15 is 0 Å². The number of carbonyl (C=O) groups is 1. The molecule has 0 aliphatic rings. The molecular weight excluding hydrogens is 290 g/mol. The standard InChI is InChI=1S/C18H23N3O2/c1-14(23)21-18-8-3-2-6-16(18)12-19-11-15(13-22)10-17-7-4-5-9-20-17/h2-9,15,19,22H,10-13H2,1H3,(H,21,23). The number of pyridine rings is 1. The third-order valence-corrected chi connectivity index (χ3v) is 3.56. The van der Waals surface area contributed by atoms with Gasteiger partial charge >= 0.3 is 0 Å². The molecule has 1 aromatic heterocycles. The van der Waals surface area contributed by atoms with Crippen molar-refractivity contribution in [3.05, 3.63) is 59.9 Å². The molecule has 0 aliphatic heterocycles. The zero-order chi connectivity index (χ0) is 16.5. The molecule has 5 nitrogen and oxygen atoms in total. The number of para-hydroxylation sites is 1. The van der Waals surface area contributed by atoms with Crippen LogP contribution in [0.1, 0.15) is 18.2 Å². The lowest BCUT2D eigenvalue weighted by Gasteiger charge is -2.16. The SMILES string of the molecule is CC(=O)Nc1ccccc1CNCC(CO)Cc1ccccn1. The second kappa shape index (κ2) is 9.02. The highest BCUT2D eigenvalue weighted by molar-refractivity contribution is 5.89. The number of nitrogens with zero attached hydrogens (tertiary/aromatic N) is 1. The highest BCUT2D eigenvalue weighted by atomic mass is 16.3. The van der Waals surface area contributed by atoms with Crippen molar-refractivity contribution in [1.82, 2.24) is 10.3 Å². The minimum atomic E-state index is -0.0826. The molecule has 0 bridgehead atoms. The Hall–Kier alpha value is -2.24. The van der Waals surface area contributed by atoms with Gasteiger partial charge in [-0.15, -0.1) is 0 Å². The van der Waals surface area contributed by atoms with Crippen molar-refractivity contribution in [2.45, 2.75) is 19.9 Å². The summed E-state index contributed by atoms with van der Waals surface area (Å²) in [5.74, 6) is 0.0265. The lowest BCUT2D eigenvalue weighted by molar-refractivity contribution is -0.114. The molecule has 0 saturated heterocycles. The monoisotopic (exact) mass is 313 g/mol. The van der Waals surface area contributed by atoms with E-state index in [2.05, 4.69) is 15.6 Å². The van der Waals surface area contributed by atoms with Gasteiger partial charge in [-0.2, -0.15) is 0 Å². The summed E-state index contributed by atoms with van der Waals surface area (Å²) in [4.78, 5) is 15.5. The zero-order valence-electron chi connectivity index (χ0n) is 13.3. The number of rotatable bonds is 8. The van der Waals surface area contributed by atoms with Crippen LogP contribution in [0.4, 0.5) is 5.69 Å². The lowest BCUT2D eigenvalue weighted by Crippen LogP contribution is -2.27. The molecule has 0 aliphatic carbocycles. The van der Waals surface area contributed by atoms with Crippen molar-refractivity contribution in [1.29, 1.82) is 0 Å². The first-order valence-electron chi connectivity index (χ1n) is 7.76. The van der Waals surface area contributed by atoms with Gasteiger partial charge in [0.15, 0.2) is 0 Å². The molecular formula is C18H23N3O2. The molecule has 2 rings (SSSR count). The van der Waals surface area contributed by atoms with Gasteiger partial charge in [-0.05, 0) is 36.1 Å². The number of aliphatic hydroxyl groups is 1. The van der Waals surface area contributed by atoms with Crippen LogP contribution in [0.15, 0.2) is 48.7 Å². The summed E-state index contributed by atoms with van der Waals surface area (Å²) < 4.78 is 0. The van der Waals surface area contributed by atoms with E-state index in [9.17, 15) is 9.90 Å². The number of aliphatic hydroxyl groups excluding tert-OH is 1. The molecule has 0 spiro atoms. The fourth-order valence-corrected chi connectivity index (χ4v) is 2.41. The summed E-state index contributed by atoms with van der Waals surface area (Å²) in [5, 5.41) is 15.7. The minimum absolute atomic E-state index is 0.0826. The number of benzene rings is 1. The number of anilines is 1. The Labute approximate surface area is 136 Å². The highest BCUT2D eigenvalue weighted by Gasteiger charge is 2.10. The van der Waals surface area contributed by atoms with Gasteiger partial charge in [0.1, 0.15) is 0 Å². The largest absolute Gasteiger partial charge is 0.396 e. The van der Waals surface area contributed by atoms with Crippen molar-refractivity contribution in [3.63, 3.8) is 0 Å². The van der Waals surface area contributed by atoms with Crippen LogP contribution >= 0.6 is 0 Å². The maximum absolute atomic E-state index is 11.2. The Balaban J connectivity index is 1.87. The Morgan fingerprint density at radius 1 is 1.22 bits per heavy atom. The lowest BCUT2D eigenvalue weighted by atomic mass is 10.0. The molecule has 0 radical (unpaired) electrons. The summed E-state index contributed by atoms with van der Waals surface area (Å²) in [6, 6.07) is 13.5. The zero-order valence-corrected chi connectivity index (χ0v) is 13.3. The smallest absolute Gasteiger partial charge is 0.221 e. The molecule has 3 N–H and O–H groups in total. The topological polar surface area (TPSA) is 74.2 Å². The predicted molar refractivity (Wildman–Crippen MR) is 91.0 cm³/mol. The molecule has 0 fully saturated rings. The Morgan fingerprint density at radius 3 is 2.70 bits per heavy atom. The third kappa shape index (κ3) is 5.81. The van der Waals surface area contributed by atoms with Crippen LogP contribution < -0.4 is 10.6 Å². The first kappa shape index (κ1) is 17.1. The summed E-state index contributed by atoms with van der Waals surface area (Å²) in [7, 11) is 0. The molecule has 1 atom stereocenters. The van der Waals surface area contributed by atoms with Crippen molar-refractivity contribution in [2.75, 3.05) is 18.5 Å². The summed E-state index contributed by atoms with van der Waals surface area (Å²) in [6.07, 6.45) is 2.50. The molecule has 122 valence electrons. The van der Waals surface area contributed by atoms with Crippen LogP contribution in [0.2, 0.25) is 0 Å². The molecule has 0 saturated carbocycles. The van der Waals surface area contributed by atoms with Crippen LogP contribution in [0, 0.1) is 5.92 Å². The van der Waals surface area contributed by atoms with E-state index in [1.54, 1.807) is 6.20 Å². The van der Waals surface area contributed by atoms with Gasteiger partial charge in [0.2, 0.25) is 5.91 Å². The van der Waals surface area contributed by atoms with E-state index in [-0.39, 0.29) is 18.4 Å². The molecule has 1 unspecified atom stereocenters. The van der Waals surface area contributed by atoms with Crippen molar-refractivity contribution in [2.24, 2.45) is 5.92 Å². The number of amides is 1. The van der Waals surface area contributed by atoms with E-state index < -0.39 is 0 Å². The summed E-state index contributed by atoms with van der Waals surface area (Å²) in [5.41, 5.74) is 2.82. The number of nitrogens with one attached hydrogen (secondary N) is 2. The summed E-state index contributed by atoms with van der Waals surface area (Å²) in [6.45, 7) is 2.92. The first-order chi connectivity index (χ1) is 11.2. The van der Waals surface area contributed by atoms with E-state index in [4.69, 9.17) is 0 Å². The Kier molecular flexibility index (Phi) is 6.72. The van der Waals surface area contributed by atoms with E-state index in [1.165, 1.54) is 6.92 Å². The minimum Gasteiger partial charge on any atom is -0.396 e. The maximum Gasteiger partial charge on any atom is 0.221 e. The van der Waals surface area contributed by atoms with Gasteiger partial charge < -0.3 is 15.7 Å². The first-order valence-corrected chi connectivity index (χ1v) is 7.76. The van der Waals surface area contributed by atoms with E-state index in [0.717, 1.165) is 23.4 Å². The van der Waals surface area contributed by atoms with E-state index in [1.807, 2.05) is 42.5 Å². The number of aromatic nitrogens is 1. The highest BCUT2D eigenvalue weighted by Crippen LogP contribution is 2.15. The van der Waals surface area contributed by atoms with Gasteiger partial charge in [0, 0.05) is 44.2 Å². The Morgan fingerprint density at radius 2 is 2.00 bits per heavy atom. The van der Waals surface area contributed by atoms with Crippen LogP contribution in [0.25, 0.3) is 0 Å². The quantitative estimate of drug-likeness (QED) is 0.697. The van der Waals surface area contributed by atoms with Gasteiger partial charge in [-0.3, -0.25) is 9.78 Å². The van der Waals surface area contributed by atoms with Crippen molar-refractivity contribution >= 4 is 11.6 Å². The molecule has 5 heteroatoms. The number of carbonyl (C=O) groups excluding carboxylic acids is 1. The predicted octanol–water partition coefficient (Wildman–Crippen LogP) is 1.98. The second-order valence-electron chi connectivity index (χ2n) is 5.54. The average molecular weight is 313 g/mol. The fraction of sp³-hybridized carbons (Fsp3) is 0.333. The molecule has 23 heavy (non-hydrogen) atoms. The van der Waals surface area contributed by atoms with Crippen molar-refractivity contribution < 1.29 is 9.90 Å². The number of hydrogen-bond acceptors (Lipinski definition) is 4. The molecule has 1 heterocycles.